The van der Waals surface area contributed by atoms with E-state index in [1.165, 1.54) is 0 Å². The fourth-order valence-corrected chi connectivity index (χ4v) is 4.68. The topological polar surface area (TPSA) is 40.6 Å². The molecule has 1 aromatic rings. The summed E-state index contributed by atoms with van der Waals surface area (Å²) < 4.78 is 27.7. The van der Waals surface area contributed by atoms with Crippen LogP contribution in [-0.2, 0) is 10.0 Å². The van der Waals surface area contributed by atoms with Crippen LogP contribution >= 0.6 is 15.9 Å². The molecule has 0 radical (unpaired) electrons. The molecule has 0 aromatic heterocycles. The summed E-state index contributed by atoms with van der Waals surface area (Å²) in [5.74, 6) is 0. The fraction of sp³-hybridized carbons (Fsp3) is 0.600. The first-order valence-electron chi connectivity index (χ1n) is 7.48. The van der Waals surface area contributed by atoms with E-state index in [-0.39, 0.29) is 0 Å². The standard InChI is InChI=1S/C15H23BrN2O2S/c1-3-17(4-2)14-9-11-18(12-10-14)21(19,20)15-7-5-13(16)6-8-15/h5-8,14H,3-4,9-12H2,1-2H3. The molecule has 0 spiro atoms. The van der Waals surface area contributed by atoms with E-state index in [2.05, 4.69) is 34.7 Å². The Bertz CT molecular complexity index is 548. The first-order valence-corrected chi connectivity index (χ1v) is 9.72. The Morgan fingerprint density at radius 3 is 2.14 bits per heavy atom. The highest BCUT2D eigenvalue weighted by atomic mass is 79.9. The second kappa shape index (κ2) is 7.22. The van der Waals surface area contributed by atoms with E-state index in [0.717, 1.165) is 30.4 Å². The smallest absolute Gasteiger partial charge is 0.243 e. The number of piperidine rings is 1. The maximum atomic E-state index is 12.6. The van der Waals surface area contributed by atoms with Gasteiger partial charge in [-0.25, -0.2) is 8.42 Å². The van der Waals surface area contributed by atoms with Gasteiger partial charge in [0.1, 0.15) is 0 Å². The molecule has 1 aromatic carbocycles. The van der Waals surface area contributed by atoms with Gasteiger partial charge in [-0.2, -0.15) is 4.31 Å². The van der Waals surface area contributed by atoms with Crippen LogP contribution in [0.1, 0.15) is 26.7 Å². The van der Waals surface area contributed by atoms with Crippen molar-refractivity contribution < 1.29 is 8.42 Å². The van der Waals surface area contributed by atoms with Crippen molar-refractivity contribution in [1.29, 1.82) is 0 Å². The molecule has 1 aliphatic rings. The first-order chi connectivity index (χ1) is 9.98. The highest BCUT2D eigenvalue weighted by molar-refractivity contribution is 9.10. The summed E-state index contributed by atoms with van der Waals surface area (Å²) in [7, 11) is -3.35. The van der Waals surface area contributed by atoms with E-state index in [9.17, 15) is 8.42 Å². The van der Waals surface area contributed by atoms with Crippen LogP contribution in [0.15, 0.2) is 33.6 Å². The van der Waals surface area contributed by atoms with Crippen LogP contribution in [0.25, 0.3) is 0 Å². The van der Waals surface area contributed by atoms with Gasteiger partial charge >= 0.3 is 0 Å². The molecule has 0 N–H and O–H groups in total. The second-order valence-electron chi connectivity index (χ2n) is 5.31. The van der Waals surface area contributed by atoms with Crippen molar-refractivity contribution in [1.82, 2.24) is 9.21 Å². The van der Waals surface area contributed by atoms with Crippen LogP contribution in [0.5, 0.6) is 0 Å². The van der Waals surface area contributed by atoms with Gasteiger partial charge in [0.25, 0.3) is 0 Å². The third-order valence-electron chi connectivity index (χ3n) is 4.20. The molecule has 0 unspecified atom stereocenters. The predicted molar refractivity (Wildman–Crippen MR) is 88.8 cm³/mol. The number of benzene rings is 1. The number of halogens is 1. The molecule has 118 valence electrons. The van der Waals surface area contributed by atoms with Gasteiger partial charge in [0, 0.05) is 23.6 Å². The summed E-state index contributed by atoms with van der Waals surface area (Å²) in [4.78, 5) is 2.80. The van der Waals surface area contributed by atoms with Gasteiger partial charge in [-0.15, -0.1) is 0 Å². The van der Waals surface area contributed by atoms with Gasteiger partial charge in [-0.05, 0) is 50.2 Å². The normalized spacial score (nSPS) is 18.3. The zero-order valence-corrected chi connectivity index (χ0v) is 15.0. The van der Waals surface area contributed by atoms with Gasteiger partial charge < -0.3 is 4.90 Å². The van der Waals surface area contributed by atoms with Crippen LogP contribution in [0, 0.1) is 0 Å². The molecule has 0 bridgehead atoms. The molecule has 0 amide bonds. The molecular formula is C15H23BrN2O2S. The van der Waals surface area contributed by atoms with Gasteiger partial charge in [-0.3, -0.25) is 0 Å². The Balaban J connectivity index is 2.06. The van der Waals surface area contributed by atoms with Gasteiger partial charge in [-0.1, -0.05) is 29.8 Å². The van der Waals surface area contributed by atoms with Crippen molar-refractivity contribution in [3.05, 3.63) is 28.7 Å². The van der Waals surface area contributed by atoms with Gasteiger partial charge in [0.15, 0.2) is 0 Å². The van der Waals surface area contributed by atoms with Crippen molar-refractivity contribution in [3.63, 3.8) is 0 Å². The maximum Gasteiger partial charge on any atom is 0.243 e. The molecule has 4 nitrogen and oxygen atoms in total. The Morgan fingerprint density at radius 1 is 1.14 bits per heavy atom. The summed E-state index contributed by atoms with van der Waals surface area (Å²) >= 11 is 3.33. The third kappa shape index (κ3) is 3.86. The van der Waals surface area contributed by atoms with Crippen molar-refractivity contribution >= 4 is 26.0 Å². The third-order valence-corrected chi connectivity index (χ3v) is 6.65. The zero-order chi connectivity index (χ0) is 15.5. The monoisotopic (exact) mass is 374 g/mol. The lowest BCUT2D eigenvalue weighted by molar-refractivity contribution is 0.152. The lowest BCUT2D eigenvalue weighted by Crippen LogP contribution is -2.46. The van der Waals surface area contributed by atoms with Crippen LogP contribution in [-0.4, -0.2) is 49.8 Å². The summed E-state index contributed by atoms with van der Waals surface area (Å²) in [5, 5.41) is 0. The van der Waals surface area contributed by atoms with Crippen LogP contribution < -0.4 is 0 Å². The lowest BCUT2D eigenvalue weighted by atomic mass is 10.1. The second-order valence-corrected chi connectivity index (χ2v) is 8.16. The van der Waals surface area contributed by atoms with Crippen LogP contribution in [0.3, 0.4) is 0 Å². The minimum absolute atomic E-state index is 0.381. The van der Waals surface area contributed by atoms with E-state index >= 15 is 0 Å². The average molecular weight is 375 g/mol. The summed E-state index contributed by atoms with van der Waals surface area (Å²) in [6.45, 7) is 7.60. The van der Waals surface area contributed by atoms with Crippen molar-refractivity contribution in [2.45, 2.75) is 37.6 Å². The molecule has 6 heteroatoms. The molecule has 21 heavy (non-hydrogen) atoms. The van der Waals surface area contributed by atoms with E-state index in [1.807, 2.05) is 0 Å². The van der Waals surface area contributed by atoms with Gasteiger partial charge in [0.05, 0.1) is 4.90 Å². The molecule has 1 saturated heterocycles. The van der Waals surface area contributed by atoms with Crippen molar-refractivity contribution in [2.24, 2.45) is 0 Å². The van der Waals surface area contributed by atoms with E-state index in [4.69, 9.17) is 0 Å². The molecule has 1 fully saturated rings. The first kappa shape index (κ1) is 16.9. The van der Waals surface area contributed by atoms with Crippen molar-refractivity contribution in [3.8, 4) is 0 Å². The number of sulfonamides is 1. The quantitative estimate of drug-likeness (QED) is 0.795. The molecule has 2 rings (SSSR count). The number of hydrogen-bond acceptors (Lipinski definition) is 3. The van der Waals surface area contributed by atoms with E-state index < -0.39 is 10.0 Å². The Kier molecular flexibility index (Phi) is 5.82. The van der Waals surface area contributed by atoms with Crippen molar-refractivity contribution in [2.75, 3.05) is 26.2 Å². The highest BCUT2D eigenvalue weighted by Crippen LogP contribution is 2.24. The molecule has 1 aliphatic heterocycles. The largest absolute Gasteiger partial charge is 0.301 e. The molecule has 0 aliphatic carbocycles. The SMILES string of the molecule is CCN(CC)C1CCN(S(=O)(=O)c2ccc(Br)cc2)CC1. The highest BCUT2D eigenvalue weighted by Gasteiger charge is 2.30. The minimum Gasteiger partial charge on any atom is -0.301 e. The zero-order valence-electron chi connectivity index (χ0n) is 12.6. The lowest BCUT2D eigenvalue weighted by Gasteiger charge is -2.37. The fourth-order valence-electron chi connectivity index (χ4n) is 2.94. The minimum atomic E-state index is -3.35. The Morgan fingerprint density at radius 2 is 1.67 bits per heavy atom. The Labute approximate surface area is 136 Å². The Hall–Kier alpha value is -0.430. The van der Waals surface area contributed by atoms with Crippen LogP contribution in [0.4, 0.5) is 0 Å². The molecule has 0 atom stereocenters. The van der Waals surface area contributed by atoms with E-state index in [0.29, 0.717) is 24.0 Å². The maximum absolute atomic E-state index is 12.6. The van der Waals surface area contributed by atoms with E-state index in [1.54, 1.807) is 28.6 Å². The molecule has 0 saturated carbocycles. The summed E-state index contributed by atoms with van der Waals surface area (Å²) in [6, 6.07) is 7.38. The van der Waals surface area contributed by atoms with Crippen LogP contribution in [0.2, 0.25) is 0 Å². The number of hydrogen-bond donors (Lipinski definition) is 0. The predicted octanol–water partition coefficient (Wildman–Crippen LogP) is 2.94. The number of rotatable bonds is 5. The van der Waals surface area contributed by atoms with Gasteiger partial charge in [0.2, 0.25) is 10.0 Å². The molecular weight excluding hydrogens is 352 g/mol. The summed E-state index contributed by atoms with van der Waals surface area (Å²) in [6.07, 6.45) is 1.83. The molecule has 1 heterocycles. The summed E-state index contributed by atoms with van der Waals surface area (Å²) in [5.41, 5.74) is 0. The number of nitrogens with zero attached hydrogens (tertiary/aromatic N) is 2. The average Bonchev–Trinajstić information content (AvgIpc) is 2.49.